The van der Waals surface area contributed by atoms with Gasteiger partial charge >= 0.3 is 12.5 Å². The highest BCUT2D eigenvalue weighted by molar-refractivity contribution is 6.68. The minimum Gasteiger partial charge on any atom is -0.406 e. The third-order valence-corrected chi connectivity index (χ3v) is 3.14. The van der Waals surface area contributed by atoms with Gasteiger partial charge in [0.05, 0.1) is 5.56 Å². The van der Waals surface area contributed by atoms with E-state index in [-0.39, 0.29) is 11.1 Å². The standard InChI is InChI=1S/C15H7ClF6O2/c16-13(23)12-7-9(14(17,18)19)4-5-11(12)8-2-1-3-10(6-8)24-15(20,21)22/h1-7H. The van der Waals surface area contributed by atoms with Crippen LogP contribution in [0.2, 0.25) is 0 Å². The van der Waals surface area contributed by atoms with E-state index >= 15 is 0 Å². The monoisotopic (exact) mass is 368 g/mol. The first-order chi connectivity index (χ1) is 11.0. The minimum atomic E-state index is -4.93. The van der Waals surface area contributed by atoms with Crippen molar-refractivity contribution in [2.45, 2.75) is 12.5 Å². The molecule has 0 unspecified atom stereocenters. The molecule has 0 aromatic heterocycles. The van der Waals surface area contributed by atoms with Crippen molar-refractivity contribution < 1.29 is 35.9 Å². The van der Waals surface area contributed by atoms with E-state index in [1.807, 2.05) is 0 Å². The molecular weight excluding hydrogens is 362 g/mol. The van der Waals surface area contributed by atoms with Crippen molar-refractivity contribution in [2.24, 2.45) is 0 Å². The first-order valence-electron chi connectivity index (χ1n) is 6.24. The predicted octanol–water partition coefficient (Wildman–Crippen LogP) is 5.65. The number of alkyl halides is 6. The lowest BCUT2D eigenvalue weighted by molar-refractivity contribution is -0.274. The molecule has 0 saturated heterocycles. The van der Waals surface area contributed by atoms with Crippen LogP contribution in [0.1, 0.15) is 15.9 Å². The molecule has 0 bridgehead atoms. The maximum absolute atomic E-state index is 12.7. The highest BCUT2D eigenvalue weighted by Gasteiger charge is 2.32. The molecule has 9 heteroatoms. The van der Waals surface area contributed by atoms with Gasteiger partial charge < -0.3 is 4.74 Å². The van der Waals surface area contributed by atoms with Crippen LogP contribution in [0.15, 0.2) is 42.5 Å². The Hall–Kier alpha value is -2.22. The fourth-order valence-electron chi connectivity index (χ4n) is 2.00. The number of hydrogen-bond acceptors (Lipinski definition) is 2. The van der Waals surface area contributed by atoms with Gasteiger partial charge in [0.1, 0.15) is 5.75 Å². The fraction of sp³-hybridized carbons (Fsp3) is 0.133. The third-order valence-electron chi connectivity index (χ3n) is 2.94. The van der Waals surface area contributed by atoms with E-state index in [0.717, 1.165) is 18.2 Å². The summed E-state index contributed by atoms with van der Waals surface area (Å²) in [5.41, 5.74) is -1.57. The Morgan fingerprint density at radius 3 is 2.17 bits per heavy atom. The molecule has 0 fully saturated rings. The van der Waals surface area contributed by atoms with Crippen LogP contribution in [0.25, 0.3) is 11.1 Å². The van der Waals surface area contributed by atoms with E-state index < -0.39 is 34.7 Å². The van der Waals surface area contributed by atoms with Crippen molar-refractivity contribution in [3.63, 3.8) is 0 Å². The van der Waals surface area contributed by atoms with Crippen LogP contribution in [0.3, 0.4) is 0 Å². The molecule has 0 aliphatic carbocycles. The zero-order valence-electron chi connectivity index (χ0n) is 11.5. The van der Waals surface area contributed by atoms with Gasteiger partial charge in [-0.15, -0.1) is 13.2 Å². The van der Waals surface area contributed by atoms with Crippen LogP contribution in [0, 0.1) is 0 Å². The first kappa shape index (κ1) is 18.1. The Balaban J connectivity index is 2.52. The van der Waals surface area contributed by atoms with E-state index in [9.17, 15) is 31.1 Å². The molecule has 0 aliphatic rings. The number of carbonyl (C=O) groups is 1. The zero-order chi connectivity index (χ0) is 18.1. The van der Waals surface area contributed by atoms with Crippen LogP contribution in [0.4, 0.5) is 26.3 Å². The molecule has 0 amide bonds. The second kappa shape index (κ2) is 6.35. The molecule has 0 aliphatic heterocycles. The topological polar surface area (TPSA) is 26.3 Å². The smallest absolute Gasteiger partial charge is 0.406 e. The average Bonchev–Trinajstić information content (AvgIpc) is 2.44. The van der Waals surface area contributed by atoms with Gasteiger partial charge in [0.2, 0.25) is 0 Å². The number of rotatable bonds is 3. The number of benzene rings is 2. The molecule has 0 saturated carbocycles. The largest absolute Gasteiger partial charge is 0.573 e. The molecule has 128 valence electrons. The molecule has 0 N–H and O–H groups in total. The summed E-state index contributed by atoms with van der Waals surface area (Å²) in [6, 6.07) is 6.69. The summed E-state index contributed by atoms with van der Waals surface area (Å²) >= 11 is 5.31. The van der Waals surface area contributed by atoms with Crippen molar-refractivity contribution in [2.75, 3.05) is 0 Å². The molecule has 2 aromatic carbocycles. The highest BCUT2D eigenvalue weighted by atomic mass is 35.5. The van der Waals surface area contributed by atoms with Crippen molar-refractivity contribution in [1.29, 1.82) is 0 Å². The average molecular weight is 369 g/mol. The number of halogens is 7. The Labute approximate surface area is 136 Å². The second-order valence-corrected chi connectivity index (χ2v) is 4.95. The van der Waals surface area contributed by atoms with Gasteiger partial charge in [-0.1, -0.05) is 18.2 Å². The molecular formula is C15H7ClF6O2. The predicted molar refractivity (Wildman–Crippen MR) is 73.7 cm³/mol. The summed E-state index contributed by atoms with van der Waals surface area (Å²) in [4.78, 5) is 11.4. The van der Waals surface area contributed by atoms with E-state index in [2.05, 4.69) is 4.74 Å². The molecule has 2 nitrogen and oxygen atoms in total. The van der Waals surface area contributed by atoms with Gasteiger partial charge in [0, 0.05) is 5.56 Å². The SMILES string of the molecule is O=C(Cl)c1cc(C(F)(F)F)ccc1-c1cccc(OC(F)(F)F)c1. The maximum atomic E-state index is 12.7. The number of hydrogen-bond donors (Lipinski definition) is 0. The van der Waals surface area contributed by atoms with Gasteiger partial charge in [0.15, 0.2) is 0 Å². The fourth-order valence-corrected chi connectivity index (χ4v) is 2.15. The first-order valence-corrected chi connectivity index (χ1v) is 6.62. The number of ether oxygens (including phenoxy) is 1. The molecule has 0 radical (unpaired) electrons. The van der Waals surface area contributed by atoms with Crippen LogP contribution < -0.4 is 4.74 Å². The summed E-state index contributed by atoms with van der Waals surface area (Å²) in [7, 11) is 0. The van der Waals surface area contributed by atoms with Crippen molar-refractivity contribution in [3.05, 3.63) is 53.6 Å². The van der Waals surface area contributed by atoms with Crippen molar-refractivity contribution in [3.8, 4) is 16.9 Å². The van der Waals surface area contributed by atoms with Crippen LogP contribution in [0.5, 0.6) is 5.75 Å². The normalized spacial score (nSPS) is 12.1. The third kappa shape index (κ3) is 4.41. The van der Waals surface area contributed by atoms with E-state index in [1.165, 1.54) is 12.1 Å². The van der Waals surface area contributed by atoms with Gasteiger partial charge in [-0.2, -0.15) is 13.2 Å². The Morgan fingerprint density at radius 2 is 1.62 bits per heavy atom. The maximum Gasteiger partial charge on any atom is 0.573 e. The molecule has 2 aromatic rings. The van der Waals surface area contributed by atoms with Gasteiger partial charge in [-0.25, -0.2) is 0 Å². The quantitative estimate of drug-likeness (QED) is 0.517. The summed E-state index contributed by atoms with van der Waals surface area (Å²) in [6.45, 7) is 0. The lowest BCUT2D eigenvalue weighted by Gasteiger charge is -2.13. The highest BCUT2D eigenvalue weighted by Crippen LogP contribution is 2.35. The zero-order valence-corrected chi connectivity index (χ0v) is 12.3. The Kier molecular flexibility index (Phi) is 4.80. The molecule has 2 rings (SSSR count). The van der Waals surface area contributed by atoms with E-state index in [4.69, 9.17) is 11.6 Å². The van der Waals surface area contributed by atoms with Crippen molar-refractivity contribution in [1.82, 2.24) is 0 Å². The molecule has 0 atom stereocenters. The Bertz CT molecular complexity index is 767. The summed E-state index contributed by atoms with van der Waals surface area (Å²) in [6.07, 6.45) is -9.62. The van der Waals surface area contributed by atoms with Gasteiger partial charge in [-0.05, 0) is 47.0 Å². The molecule has 0 spiro atoms. The lowest BCUT2D eigenvalue weighted by atomic mass is 9.97. The van der Waals surface area contributed by atoms with E-state index in [1.54, 1.807) is 0 Å². The van der Waals surface area contributed by atoms with Crippen molar-refractivity contribution >= 4 is 16.8 Å². The van der Waals surface area contributed by atoms with E-state index in [0.29, 0.717) is 12.1 Å². The molecule has 0 heterocycles. The van der Waals surface area contributed by atoms with Gasteiger partial charge in [0.25, 0.3) is 5.24 Å². The van der Waals surface area contributed by atoms with Crippen LogP contribution >= 0.6 is 11.6 Å². The van der Waals surface area contributed by atoms with Crippen LogP contribution in [-0.2, 0) is 6.18 Å². The summed E-state index contributed by atoms with van der Waals surface area (Å²) in [5.74, 6) is -0.576. The number of carbonyl (C=O) groups excluding carboxylic acids is 1. The molecule has 24 heavy (non-hydrogen) atoms. The summed E-state index contributed by atoms with van der Waals surface area (Å²) < 4.78 is 78.6. The lowest BCUT2D eigenvalue weighted by Crippen LogP contribution is -2.17. The van der Waals surface area contributed by atoms with Crippen LogP contribution in [-0.4, -0.2) is 11.6 Å². The summed E-state index contributed by atoms with van der Waals surface area (Å²) in [5, 5.41) is -1.17. The second-order valence-electron chi connectivity index (χ2n) is 4.61. The van der Waals surface area contributed by atoms with Gasteiger partial charge in [-0.3, -0.25) is 4.79 Å². The minimum absolute atomic E-state index is 0.0457. The Morgan fingerprint density at radius 1 is 0.958 bits per heavy atom.